The summed E-state index contributed by atoms with van der Waals surface area (Å²) in [5, 5.41) is 5.98. The van der Waals surface area contributed by atoms with Gasteiger partial charge in [-0.15, -0.1) is 0 Å². The smallest absolute Gasteiger partial charge is 0.228 e. The van der Waals surface area contributed by atoms with Crippen molar-refractivity contribution in [1.29, 1.82) is 0 Å². The van der Waals surface area contributed by atoms with Gasteiger partial charge in [-0.1, -0.05) is 32.0 Å². The van der Waals surface area contributed by atoms with Crippen molar-refractivity contribution in [3.05, 3.63) is 29.8 Å². The number of hydrogen-bond acceptors (Lipinski definition) is 4. The Bertz CT molecular complexity index is 640. The average molecular weight is 339 g/mol. The maximum atomic E-state index is 12.4. The Labute approximate surface area is 138 Å². The van der Waals surface area contributed by atoms with Gasteiger partial charge >= 0.3 is 0 Å². The highest BCUT2D eigenvalue weighted by molar-refractivity contribution is 7.89. The summed E-state index contributed by atoms with van der Waals surface area (Å²) in [6, 6.07) is 7.58. The van der Waals surface area contributed by atoms with Gasteiger partial charge in [0, 0.05) is 31.9 Å². The van der Waals surface area contributed by atoms with Crippen molar-refractivity contribution < 1.29 is 13.2 Å². The molecule has 1 saturated heterocycles. The number of amides is 1. The summed E-state index contributed by atoms with van der Waals surface area (Å²) in [6.45, 7) is 5.92. The molecule has 1 aliphatic rings. The first kappa shape index (κ1) is 17.9. The number of carbonyl (C=O) groups excluding carboxylic acids is 1. The molecule has 0 radical (unpaired) electrons. The van der Waals surface area contributed by atoms with Gasteiger partial charge in [0.05, 0.1) is 11.7 Å². The van der Waals surface area contributed by atoms with Gasteiger partial charge in [-0.3, -0.25) is 4.79 Å². The fourth-order valence-corrected chi connectivity index (χ4v) is 4.36. The molecule has 1 aromatic carbocycles. The molecule has 1 aliphatic heterocycles. The fourth-order valence-electron chi connectivity index (χ4n) is 2.63. The van der Waals surface area contributed by atoms with E-state index in [1.54, 1.807) is 6.92 Å². The third-order valence-corrected chi connectivity index (χ3v) is 6.11. The fraction of sp³-hybridized carbons (Fsp3) is 0.562. The Hall–Kier alpha value is -1.44. The van der Waals surface area contributed by atoms with Gasteiger partial charge in [0.2, 0.25) is 15.9 Å². The molecular formula is C16H25N3O3S. The minimum Gasteiger partial charge on any atom is -0.326 e. The second-order valence-electron chi connectivity index (χ2n) is 5.83. The molecule has 1 atom stereocenters. The van der Waals surface area contributed by atoms with Gasteiger partial charge in [0.1, 0.15) is 0 Å². The van der Waals surface area contributed by atoms with E-state index in [4.69, 9.17) is 0 Å². The van der Waals surface area contributed by atoms with Crippen molar-refractivity contribution in [2.45, 2.75) is 20.3 Å². The molecule has 1 fully saturated rings. The number of carbonyl (C=O) groups is 1. The molecule has 1 unspecified atom stereocenters. The molecule has 7 heteroatoms. The second kappa shape index (κ2) is 7.90. The molecule has 0 spiro atoms. The summed E-state index contributed by atoms with van der Waals surface area (Å²) in [6.07, 6.45) is 0.809. The average Bonchev–Trinajstić information content (AvgIpc) is 2.55. The molecule has 0 saturated carbocycles. The van der Waals surface area contributed by atoms with Gasteiger partial charge in [0.15, 0.2) is 0 Å². The van der Waals surface area contributed by atoms with Crippen LogP contribution in [-0.4, -0.2) is 50.6 Å². The summed E-state index contributed by atoms with van der Waals surface area (Å²) in [4.78, 5) is 12.3. The Kier molecular flexibility index (Phi) is 6.15. The van der Waals surface area contributed by atoms with E-state index in [0.29, 0.717) is 26.2 Å². The summed E-state index contributed by atoms with van der Waals surface area (Å²) >= 11 is 0. The van der Waals surface area contributed by atoms with Crippen LogP contribution in [0.1, 0.15) is 19.4 Å². The molecule has 1 amide bonds. The normalized spacial score (nSPS) is 17.7. The van der Waals surface area contributed by atoms with Crippen LogP contribution >= 0.6 is 0 Å². The molecule has 23 heavy (non-hydrogen) atoms. The zero-order valence-corrected chi connectivity index (χ0v) is 14.5. The van der Waals surface area contributed by atoms with E-state index < -0.39 is 15.9 Å². The van der Waals surface area contributed by atoms with Gasteiger partial charge in [-0.2, -0.15) is 4.31 Å². The highest BCUT2D eigenvalue weighted by Gasteiger charge is 2.28. The number of hydrogen-bond donors (Lipinski definition) is 2. The van der Waals surface area contributed by atoms with Crippen LogP contribution in [0, 0.1) is 5.92 Å². The monoisotopic (exact) mass is 339 g/mol. The van der Waals surface area contributed by atoms with Crippen molar-refractivity contribution >= 4 is 21.6 Å². The number of sulfonamides is 1. The lowest BCUT2D eigenvalue weighted by molar-refractivity contribution is -0.118. The van der Waals surface area contributed by atoms with Crippen LogP contribution in [0.15, 0.2) is 24.3 Å². The minimum absolute atomic E-state index is 0.160. The summed E-state index contributed by atoms with van der Waals surface area (Å²) in [5.74, 6) is -1.02. The van der Waals surface area contributed by atoms with E-state index >= 15 is 0 Å². The molecule has 2 rings (SSSR count). The predicted octanol–water partition coefficient (Wildman–Crippen LogP) is 1.06. The van der Waals surface area contributed by atoms with Crippen molar-refractivity contribution in [3.8, 4) is 0 Å². The lowest BCUT2D eigenvalue weighted by Crippen LogP contribution is -2.48. The van der Waals surface area contributed by atoms with Crippen LogP contribution < -0.4 is 10.6 Å². The van der Waals surface area contributed by atoms with E-state index in [1.807, 2.05) is 31.2 Å². The number of anilines is 1. The van der Waals surface area contributed by atoms with Crippen molar-refractivity contribution in [2.24, 2.45) is 5.92 Å². The number of benzene rings is 1. The van der Waals surface area contributed by atoms with Gasteiger partial charge in [-0.25, -0.2) is 8.42 Å². The predicted molar refractivity (Wildman–Crippen MR) is 91.8 cm³/mol. The van der Waals surface area contributed by atoms with E-state index in [0.717, 1.165) is 17.7 Å². The summed E-state index contributed by atoms with van der Waals surface area (Å²) in [7, 11) is -3.40. The number of aryl methyl sites for hydroxylation is 1. The van der Waals surface area contributed by atoms with Crippen molar-refractivity contribution in [2.75, 3.05) is 37.2 Å². The third kappa shape index (κ3) is 4.76. The number of piperazine rings is 1. The second-order valence-corrected chi connectivity index (χ2v) is 7.84. The number of nitrogens with zero attached hydrogens (tertiary/aromatic N) is 1. The number of rotatable bonds is 6. The first-order chi connectivity index (χ1) is 10.9. The zero-order chi connectivity index (χ0) is 16.9. The topological polar surface area (TPSA) is 78.5 Å². The molecule has 0 aromatic heterocycles. The van der Waals surface area contributed by atoms with Gasteiger partial charge in [-0.05, 0) is 18.1 Å². The lowest BCUT2D eigenvalue weighted by atomic mass is 10.1. The lowest BCUT2D eigenvalue weighted by Gasteiger charge is -2.27. The zero-order valence-electron chi connectivity index (χ0n) is 13.7. The molecule has 6 nitrogen and oxygen atoms in total. The van der Waals surface area contributed by atoms with Crippen LogP contribution in [0.5, 0.6) is 0 Å². The van der Waals surface area contributed by atoms with Gasteiger partial charge < -0.3 is 10.6 Å². The van der Waals surface area contributed by atoms with Crippen LogP contribution in [0.25, 0.3) is 0 Å². The van der Waals surface area contributed by atoms with Crippen LogP contribution in [0.3, 0.4) is 0 Å². The molecule has 128 valence electrons. The standard InChI is InChI=1S/C16H25N3O3S/c1-3-14-6-4-5-7-15(14)18-16(20)13(2)12-23(21,22)19-10-8-17-9-11-19/h4-7,13,17H,3,8-12H2,1-2H3,(H,18,20). The van der Waals surface area contributed by atoms with Crippen molar-refractivity contribution in [3.63, 3.8) is 0 Å². The van der Waals surface area contributed by atoms with E-state index in [9.17, 15) is 13.2 Å². The van der Waals surface area contributed by atoms with Crippen LogP contribution in [0.4, 0.5) is 5.69 Å². The minimum atomic E-state index is -3.40. The molecule has 0 bridgehead atoms. The molecule has 2 N–H and O–H groups in total. The number of nitrogens with one attached hydrogen (secondary N) is 2. The number of para-hydroxylation sites is 1. The molecule has 1 heterocycles. The molecular weight excluding hydrogens is 314 g/mol. The van der Waals surface area contributed by atoms with Crippen LogP contribution in [0.2, 0.25) is 0 Å². The van der Waals surface area contributed by atoms with Crippen molar-refractivity contribution in [1.82, 2.24) is 9.62 Å². The maximum Gasteiger partial charge on any atom is 0.228 e. The third-order valence-electron chi connectivity index (χ3n) is 4.03. The quantitative estimate of drug-likeness (QED) is 0.812. The summed E-state index contributed by atoms with van der Waals surface area (Å²) < 4.78 is 26.3. The molecule has 1 aromatic rings. The van der Waals surface area contributed by atoms with Crippen LogP contribution in [-0.2, 0) is 21.2 Å². The van der Waals surface area contributed by atoms with E-state index in [2.05, 4.69) is 10.6 Å². The SMILES string of the molecule is CCc1ccccc1NC(=O)C(C)CS(=O)(=O)N1CCNCC1. The summed E-state index contributed by atoms with van der Waals surface area (Å²) in [5.41, 5.74) is 1.80. The Morgan fingerprint density at radius 3 is 2.61 bits per heavy atom. The van der Waals surface area contributed by atoms with Gasteiger partial charge in [0.25, 0.3) is 0 Å². The maximum absolute atomic E-state index is 12.4. The largest absolute Gasteiger partial charge is 0.326 e. The Balaban J connectivity index is 1.99. The molecule has 0 aliphatic carbocycles. The highest BCUT2D eigenvalue weighted by atomic mass is 32.2. The highest BCUT2D eigenvalue weighted by Crippen LogP contribution is 2.17. The van der Waals surface area contributed by atoms with E-state index in [-0.39, 0.29) is 11.7 Å². The Morgan fingerprint density at radius 2 is 1.96 bits per heavy atom. The van der Waals surface area contributed by atoms with E-state index in [1.165, 1.54) is 4.31 Å². The first-order valence-electron chi connectivity index (χ1n) is 8.01. The first-order valence-corrected chi connectivity index (χ1v) is 9.62. The Morgan fingerprint density at radius 1 is 1.30 bits per heavy atom.